The van der Waals surface area contributed by atoms with E-state index in [1.54, 1.807) is 6.07 Å². The van der Waals surface area contributed by atoms with Crippen LogP contribution in [0.4, 0.5) is 11.8 Å². The summed E-state index contributed by atoms with van der Waals surface area (Å²) in [5, 5.41) is 2.99. The average Bonchev–Trinajstić information content (AvgIpc) is 3.49. The van der Waals surface area contributed by atoms with Crippen molar-refractivity contribution in [1.29, 1.82) is 0 Å². The van der Waals surface area contributed by atoms with Crippen LogP contribution in [0.15, 0.2) is 41.4 Å². The van der Waals surface area contributed by atoms with Gasteiger partial charge in [0, 0.05) is 32.7 Å². The second kappa shape index (κ2) is 8.46. The van der Waals surface area contributed by atoms with Crippen molar-refractivity contribution in [2.45, 2.75) is 19.3 Å². The summed E-state index contributed by atoms with van der Waals surface area (Å²) in [5.41, 5.74) is 7.61. The normalized spacial score (nSPS) is 15.9. The molecule has 1 amide bonds. The lowest BCUT2D eigenvalue weighted by atomic mass is 10.1. The van der Waals surface area contributed by atoms with Crippen LogP contribution in [0.2, 0.25) is 0 Å². The quantitative estimate of drug-likeness (QED) is 0.704. The Morgan fingerprint density at radius 3 is 2.76 bits per heavy atom. The molecule has 1 fully saturated rings. The number of aromatic nitrogens is 2. The number of aliphatic imine (C=N–C) groups is 1. The van der Waals surface area contributed by atoms with E-state index in [0.717, 1.165) is 13.0 Å². The van der Waals surface area contributed by atoms with Crippen molar-refractivity contribution in [2.75, 3.05) is 43.0 Å². The van der Waals surface area contributed by atoms with E-state index >= 15 is 0 Å². The predicted molar refractivity (Wildman–Crippen MR) is 114 cm³/mol. The lowest BCUT2D eigenvalue weighted by molar-refractivity contribution is 0.0946. The van der Waals surface area contributed by atoms with E-state index in [9.17, 15) is 4.79 Å². The van der Waals surface area contributed by atoms with Crippen molar-refractivity contribution in [3.05, 3.63) is 47.7 Å². The molecule has 3 N–H and O–H groups in total. The number of guanidine groups is 1. The van der Waals surface area contributed by atoms with E-state index < -0.39 is 0 Å². The largest absolute Gasteiger partial charge is 0.369 e. The first-order chi connectivity index (χ1) is 14.1. The summed E-state index contributed by atoms with van der Waals surface area (Å²) in [5.74, 6) is 1.97. The highest BCUT2D eigenvalue weighted by Gasteiger charge is 2.24. The van der Waals surface area contributed by atoms with Crippen molar-refractivity contribution in [3.63, 3.8) is 0 Å². The molecule has 2 aliphatic rings. The van der Waals surface area contributed by atoms with E-state index in [0.29, 0.717) is 49.0 Å². The Morgan fingerprint density at radius 2 is 2.07 bits per heavy atom. The Balaban J connectivity index is 1.54. The fourth-order valence-electron chi connectivity index (χ4n) is 3.23. The van der Waals surface area contributed by atoms with Crippen LogP contribution in [-0.4, -0.2) is 55.1 Å². The Bertz CT molecular complexity index is 895. The Hall–Kier alpha value is -3.16. The Kier molecular flexibility index (Phi) is 5.59. The van der Waals surface area contributed by atoms with Gasteiger partial charge in [0.2, 0.25) is 5.95 Å². The molecular weight excluding hydrogens is 366 g/mol. The highest BCUT2D eigenvalue weighted by atomic mass is 16.1. The molecule has 0 atom stereocenters. The van der Waals surface area contributed by atoms with Crippen LogP contribution >= 0.6 is 0 Å². The molecule has 1 aromatic heterocycles. The number of benzene rings is 1. The molecule has 8 heteroatoms. The third kappa shape index (κ3) is 4.82. The van der Waals surface area contributed by atoms with Gasteiger partial charge in [-0.1, -0.05) is 30.3 Å². The molecule has 1 saturated carbocycles. The standard InChI is InChI=1S/C21H27N7O/c1-27(11-9-15-5-3-2-4-6-15)21-25-17(19(29)24-14-16-7-8-16)13-18(26-21)28-12-10-23-20(28)22/h2-6,13,16H,7-12,14H2,1H3,(H2,22,23)(H,24,29). The second-order valence-corrected chi connectivity index (χ2v) is 7.61. The van der Waals surface area contributed by atoms with Gasteiger partial charge in [-0.25, -0.2) is 4.98 Å². The van der Waals surface area contributed by atoms with Gasteiger partial charge in [-0.2, -0.15) is 4.98 Å². The van der Waals surface area contributed by atoms with Crippen LogP contribution in [0, 0.1) is 5.92 Å². The first-order valence-corrected chi connectivity index (χ1v) is 10.1. The molecule has 0 radical (unpaired) electrons. The van der Waals surface area contributed by atoms with Crippen LogP contribution in [0.1, 0.15) is 28.9 Å². The fraction of sp³-hybridized carbons (Fsp3) is 0.429. The molecule has 0 bridgehead atoms. The lowest BCUT2D eigenvalue weighted by Gasteiger charge is -2.22. The predicted octanol–water partition coefficient (Wildman–Crippen LogP) is 1.43. The molecule has 1 aromatic carbocycles. The molecule has 8 nitrogen and oxygen atoms in total. The molecule has 4 rings (SSSR count). The SMILES string of the molecule is CN(CCc1ccccc1)c1nc(C(=O)NCC2CC2)cc(N2CCN=C2N)n1. The van der Waals surface area contributed by atoms with Crippen molar-refractivity contribution in [2.24, 2.45) is 16.6 Å². The van der Waals surface area contributed by atoms with Crippen LogP contribution in [0.3, 0.4) is 0 Å². The van der Waals surface area contributed by atoms with Gasteiger partial charge in [0.15, 0.2) is 5.96 Å². The van der Waals surface area contributed by atoms with Gasteiger partial charge in [-0.05, 0) is 30.7 Å². The highest BCUT2D eigenvalue weighted by molar-refractivity contribution is 5.98. The number of carbonyl (C=O) groups is 1. The van der Waals surface area contributed by atoms with Gasteiger partial charge in [0.1, 0.15) is 11.5 Å². The van der Waals surface area contributed by atoms with Crippen LogP contribution in [0.5, 0.6) is 0 Å². The molecule has 1 aliphatic carbocycles. The van der Waals surface area contributed by atoms with E-state index in [1.807, 2.05) is 35.0 Å². The number of likely N-dealkylation sites (N-methyl/N-ethyl adjacent to an activating group) is 1. The maximum absolute atomic E-state index is 12.7. The maximum Gasteiger partial charge on any atom is 0.270 e. The smallest absolute Gasteiger partial charge is 0.270 e. The number of rotatable bonds is 8. The number of nitrogens with one attached hydrogen (secondary N) is 1. The molecule has 29 heavy (non-hydrogen) atoms. The number of nitrogens with two attached hydrogens (primary N) is 1. The molecule has 0 unspecified atom stereocenters. The number of carbonyl (C=O) groups excluding carboxylic acids is 1. The van der Waals surface area contributed by atoms with Gasteiger partial charge in [0.25, 0.3) is 5.91 Å². The molecule has 0 spiro atoms. The lowest BCUT2D eigenvalue weighted by Crippen LogP contribution is -2.36. The summed E-state index contributed by atoms with van der Waals surface area (Å²) >= 11 is 0. The first kappa shape index (κ1) is 19.2. The average molecular weight is 393 g/mol. The third-order valence-electron chi connectivity index (χ3n) is 5.25. The highest BCUT2D eigenvalue weighted by Crippen LogP contribution is 2.27. The Morgan fingerprint density at radius 1 is 1.28 bits per heavy atom. The summed E-state index contributed by atoms with van der Waals surface area (Å²) in [6.07, 6.45) is 3.23. The van der Waals surface area contributed by atoms with Crippen molar-refractivity contribution in [3.8, 4) is 0 Å². The van der Waals surface area contributed by atoms with Crippen molar-refractivity contribution in [1.82, 2.24) is 15.3 Å². The maximum atomic E-state index is 12.7. The number of anilines is 2. The van der Waals surface area contributed by atoms with E-state index in [2.05, 4.69) is 32.4 Å². The minimum Gasteiger partial charge on any atom is -0.369 e. The minimum absolute atomic E-state index is 0.173. The summed E-state index contributed by atoms with van der Waals surface area (Å²) in [4.78, 5) is 29.9. The number of hydrogen-bond acceptors (Lipinski definition) is 7. The van der Waals surface area contributed by atoms with E-state index in [4.69, 9.17) is 5.73 Å². The van der Waals surface area contributed by atoms with Gasteiger partial charge < -0.3 is 16.0 Å². The summed E-state index contributed by atoms with van der Waals surface area (Å²) < 4.78 is 0. The number of hydrogen-bond donors (Lipinski definition) is 2. The van der Waals surface area contributed by atoms with Crippen LogP contribution in [0.25, 0.3) is 0 Å². The molecule has 0 saturated heterocycles. The van der Waals surface area contributed by atoms with Crippen LogP contribution in [-0.2, 0) is 6.42 Å². The van der Waals surface area contributed by atoms with Gasteiger partial charge in [-0.3, -0.25) is 14.7 Å². The molecule has 2 aromatic rings. The summed E-state index contributed by atoms with van der Waals surface area (Å²) in [7, 11) is 1.94. The van der Waals surface area contributed by atoms with E-state index in [1.165, 1.54) is 18.4 Å². The fourth-order valence-corrected chi connectivity index (χ4v) is 3.23. The minimum atomic E-state index is -0.173. The molecular formula is C21H27N7O. The van der Waals surface area contributed by atoms with Gasteiger partial charge >= 0.3 is 0 Å². The zero-order valence-electron chi connectivity index (χ0n) is 16.7. The second-order valence-electron chi connectivity index (χ2n) is 7.61. The van der Waals surface area contributed by atoms with Crippen molar-refractivity contribution < 1.29 is 4.79 Å². The number of amides is 1. The number of nitrogens with zero attached hydrogens (tertiary/aromatic N) is 5. The molecule has 2 heterocycles. The third-order valence-corrected chi connectivity index (χ3v) is 5.25. The van der Waals surface area contributed by atoms with E-state index in [-0.39, 0.29) is 5.91 Å². The summed E-state index contributed by atoms with van der Waals surface area (Å²) in [6.45, 7) is 2.71. The first-order valence-electron chi connectivity index (χ1n) is 10.1. The van der Waals surface area contributed by atoms with Crippen LogP contribution < -0.4 is 20.9 Å². The van der Waals surface area contributed by atoms with Gasteiger partial charge in [-0.15, -0.1) is 0 Å². The molecule has 1 aliphatic heterocycles. The monoisotopic (exact) mass is 393 g/mol. The molecule has 152 valence electrons. The van der Waals surface area contributed by atoms with Gasteiger partial charge in [0.05, 0.1) is 6.54 Å². The zero-order chi connectivity index (χ0) is 20.2. The topological polar surface area (TPSA) is 99.7 Å². The Labute approximate surface area is 170 Å². The zero-order valence-corrected chi connectivity index (χ0v) is 16.7. The summed E-state index contributed by atoms with van der Waals surface area (Å²) in [6, 6.07) is 12.0. The van der Waals surface area contributed by atoms with Crippen molar-refractivity contribution >= 4 is 23.6 Å².